The summed E-state index contributed by atoms with van der Waals surface area (Å²) in [6, 6.07) is 1.94. The molecule has 4 heteroatoms. The summed E-state index contributed by atoms with van der Waals surface area (Å²) in [5, 5.41) is 3.21. The molecule has 0 saturated carbocycles. The summed E-state index contributed by atoms with van der Waals surface area (Å²) in [4.78, 5) is 9.25. The monoisotopic (exact) mass is 273 g/mol. The first kappa shape index (κ1) is 14.7. The average Bonchev–Trinajstić information content (AvgIpc) is 2.80. The van der Waals surface area contributed by atoms with E-state index in [1.54, 1.807) is 6.26 Å². The van der Waals surface area contributed by atoms with Gasteiger partial charge in [0.15, 0.2) is 11.6 Å². The van der Waals surface area contributed by atoms with E-state index in [1.807, 2.05) is 20.0 Å². The number of aromatic nitrogens is 2. The van der Waals surface area contributed by atoms with E-state index >= 15 is 0 Å². The minimum atomic E-state index is 0.567. The number of nitrogens with one attached hydrogen (secondary N) is 1. The van der Waals surface area contributed by atoms with Gasteiger partial charge in [-0.3, -0.25) is 0 Å². The molecule has 0 aliphatic rings. The van der Waals surface area contributed by atoms with Gasteiger partial charge in [-0.05, 0) is 63.9 Å². The molecular formula is C16H23N3O. The zero-order valence-electron chi connectivity index (χ0n) is 12.9. The van der Waals surface area contributed by atoms with Crippen molar-refractivity contribution in [3.63, 3.8) is 0 Å². The highest BCUT2D eigenvalue weighted by molar-refractivity contribution is 5.53. The van der Waals surface area contributed by atoms with Gasteiger partial charge < -0.3 is 9.73 Å². The molecule has 1 unspecified atom stereocenters. The zero-order valence-corrected chi connectivity index (χ0v) is 12.9. The molecule has 0 aliphatic carbocycles. The van der Waals surface area contributed by atoms with E-state index in [2.05, 4.69) is 36.1 Å². The maximum absolute atomic E-state index is 5.48. The summed E-state index contributed by atoms with van der Waals surface area (Å²) in [5.74, 6) is 2.02. The lowest BCUT2D eigenvalue weighted by atomic mass is 9.98. The summed E-state index contributed by atoms with van der Waals surface area (Å²) in [6.07, 6.45) is 2.68. The largest absolute Gasteiger partial charge is 0.461 e. The molecule has 2 heterocycles. The fraction of sp³-hybridized carbons (Fsp3) is 0.500. The SMILES string of the molecule is CNCC(C)Cc1c(C)nc(-c2occc2C)nc1C. The van der Waals surface area contributed by atoms with Crippen LogP contribution in [0.5, 0.6) is 0 Å². The topological polar surface area (TPSA) is 51.0 Å². The lowest BCUT2D eigenvalue weighted by molar-refractivity contribution is 0.536. The van der Waals surface area contributed by atoms with E-state index in [9.17, 15) is 0 Å². The first-order valence-corrected chi connectivity index (χ1v) is 7.06. The van der Waals surface area contributed by atoms with Crippen LogP contribution in [-0.4, -0.2) is 23.6 Å². The van der Waals surface area contributed by atoms with E-state index in [0.29, 0.717) is 11.7 Å². The Kier molecular flexibility index (Phi) is 4.55. The van der Waals surface area contributed by atoms with E-state index < -0.39 is 0 Å². The molecule has 2 rings (SSSR count). The van der Waals surface area contributed by atoms with Gasteiger partial charge in [0.2, 0.25) is 0 Å². The Bertz CT molecular complexity index is 566. The molecule has 1 atom stereocenters. The van der Waals surface area contributed by atoms with Gasteiger partial charge in [-0.2, -0.15) is 0 Å². The number of hydrogen-bond acceptors (Lipinski definition) is 4. The normalized spacial score (nSPS) is 12.7. The average molecular weight is 273 g/mol. The van der Waals surface area contributed by atoms with Gasteiger partial charge in [-0.1, -0.05) is 6.92 Å². The van der Waals surface area contributed by atoms with Gasteiger partial charge >= 0.3 is 0 Å². The third kappa shape index (κ3) is 3.07. The van der Waals surface area contributed by atoms with Crippen LogP contribution in [-0.2, 0) is 6.42 Å². The highest BCUT2D eigenvalue weighted by atomic mass is 16.3. The quantitative estimate of drug-likeness (QED) is 0.909. The number of hydrogen-bond donors (Lipinski definition) is 1. The van der Waals surface area contributed by atoms with Crippen molar-refractivity contribution < 1.29 is 4.42 Å². The van der Waals surface area contributed by atoms with Crippen LogP contribution < -0.4 is 5.32 Å². The van der Waals surface area contributed by atoms with Gasteiger partial charge in [-0.15, -0.1) is 0 Å². The summed E-state index contributed by atoms with van der Waals surface area (Å²) in [7, 11) is 1.98. The molecule has 0 spiro atoms. The second-order valence-corrected chi connectivity index (χ2v) is 5.50. The van der Waals surface area contributed by atoms with E-state index in [0.717, 1.165) is 35.7 Å². The van der Waals surface area contributed by atoms with Crippen LogP contribution in [0.15, 0.2) is 16.7 Å². The summed E-state index contributed by atoms with van der Waals surface area (Å²) >= 11 is 0. The third-order valence-electron chi connectivity index (χ3n) is 3.59. The van der Waals surface area contributed by atoms with Gasteiger partial charge in [0.1, 0.15) is 0 Å². The lowest BCUT2D eigenvalue weighted by Crippen LogP contribution is -2.19. The molecular weight excluding hydrogens is 250 g/mol. The van der Waals surface area contributed by atoms with Crippen LogP contribution >= 0.6 is 0 Å². The maximum Gasteiger partial charge on any atom is 0.196 e. The molecule has 0 aliphatic heterocycles. The highest BCUT2D eigenvalue weighted by Crippen LogP contribution is 2.24. The number of furan rings is 1. The predicted octanol–water partition coefficient (Wildman–Crippen LogP) is 3.06. The molecule has 1 N–H and O–H groups in total. The van der Waals surface area contributed by atoms with E-state index in [4.69, 9.17) is 4.42 Å². The van der Waals surface area contributed by atoms with Gasteiger partial charge in [0, 0.05) is 11.4 Å². The van der Waals surface area contributed by atoms with Gasteiger partial charge in [0.05, 0.1) is 6.26 Å². The second kappa shape index (κ2) is 6.18. The molecule has 2 aromatic rings. The molecule has 0 amide bonds. The Morgan fingerprint density at radius 2 is 1.85 bits per heavy atom. The first-order chi connectivity index (χ1) is 9.52. The van der Waals surface area contributed by atoms with Gasteiger partial charge in [0.25, 0.3) is 0 Å². The predicted molar refractivity (Wildman–Crippen MR) is 80.7 cm³/mol. The number of aryl methyl sites for hydroxylation is 3. The molecule has 0 bridgehead atoms. The van der Waals surface area contributed by atoms with Crippen molar-refractivity contribution in [1.82, 2.24) is 15.3 Å². The van der Waals surface area contributed by atoms with Crippen molar-refractivity contribution in [2.75, 3.05) is 13.6 Å². The van der Waals surface area contributed by atoms with Crippen molar-refractivity contribution in [2.24, 2.45) is 5.92 Å². The number of nitrogens with zero attached hydrogens (tertiary/aromatic N) is 2. The second-order valence-electron chi connectivity index (χ2n) is 5.50. The number of rotatable bonds is 5. The molecule has 2 aromatic heterocycles. The Morgan fingerprint density at radius 1 is 1.20 bits per heavy atom. The Labute approximate surface area is 120 Å². The van der Waals surface area contributed by atoms with Crippen LogP contribution in [0.1, 0.15) is 29.4 Å². The fourth-order valence-corrected chi connectivity index (χ4v) is 2.51. The van der Waals surface area contributed by atoms with Crippen molar-refractivity contribution in [2.45, 2.75) is 34.1 Å². The molecule has 0 aromatic carbocycles. The first-order valence-electron chi connectivity index (χ1n) is 7.06. The van der Waals surface area contributed by atoms with Crippen LogP contribution in [0.25, 0.3) is 11.6 Å². The van der Waals surface area contributed by atoms with Crippen molar-refractivity contribution >= 4 is 0 Å². The molecule has 0 fully saturated rings. The smallest absolute Gasteiger partial charge is 0.196 e. The lowest BCUT2D eigenvalue weighted by Gasteiger charge is -2.15. The van der Waals surface area contributed by atoms with Gasteiger partial charge in [-0.25, -0.2) is 9.97 Å². The van der Waals surface area contributed by atoms with Crippen LogP contribution in [0, 0.1) is 26.7 Å². The Balaban J connectivity index is 2.32. The zero-order chi connectivity index (χ0) is 14.7. The molecule has 4 nitrogen and oxygen atoms in total. The highest BCUT2D eigenvalue weighted by Gasteiger charge is 2.15. The van der Waals surface area contributed by atoms with Crippen LogP contribution in [0.3, 0.4) is 0 Å². The minimum Gasteiger partial charge on any atom is -0.461 e. The maximum atomic E-state index is 5.48. The Morgan fingerprint density at radius 3 is 2.35 bits per heavy atom. The Hall–Kier alpha value is -1.68. The fourth-order valence-electron chi connectivity index (χ4n) is 2.51. The standard InChI is InChI=1S/C16H23N3O/c1-10(9-17-5)8-14-12(3)18-16(19-13(14)4)15-11(2)6-7-20-15/h6-7,10,17H,8-9H2,1-5H3. The third-order valence-corrected chi connectivity index (χ3v) is 3.59. The van der Waals surface area contributed by atoms with E-state index in [1.165, 1.54) is 5.56 Å². The molecule has 108 valence electrons. The summed E-state index contributed by atoms with van der Waals surface area (Å²) < 4.78 is 5.48. The summed E-state index contributed by atoms with van der Waals surface area (Å²) in [5.41, 5.74) is 4.42. The minimum absolute atomic E-state index is 0.567. The van der Waals surface area contributed by atoms with Crippen LogP contribution in [0.2, 0.25) is 0 Å². The van der Waals surface area contributed by atoms with Crippen molar-refractivity contribution in [3.05, 3.63) is 34.8 Å². The van der Waals surface area contributed by atoms with Crippen LogP contribution in [0.4, 0.5) is 0 Å². The van der Waals surface area contributed by atoms with Crippen molar-refractivity contribution in [3.8, 4) is 11.6 Å². The van der Waals surface area contributed by atoms with E-state index in [-0.39, 0.29) is 0 Å². The van der Waals surface area contributed by atoms with Crippen molar-refractivity contribution in [1.29, 1.82) is 0 Å². The molecule has 0 radical (unpaired) electrons. The molecule has 20 heavy (non-hydrogen) atoms. The summed E-state index contributed by atoms with van der Waals surface area (Å²) in [6.45, 7) is 9.35. The molecule has 0 saturated heterocycles.